The Morgan fingerprint density at radius 2 is 1.24 bits per heavy atom. The van der Waals surface area contributed by atoms with Crippen LogP contribution in [-0.2, 0) is 0 Å². The van der Waals surface area contributed by atoms with E-state index in [0.717, 1.165) is 33.7 Å². The van der Waals surface area contributed by atoms with Gasteiger partial charge >= 0.3 is 0 Å². The molecule has 0 spiro atoms. The number of aryl methyl sites for hydroxylation is 1. The molecule has 0 radical (unpaired) electrons. The van der Waals surface area contributed by atoms with Crippen LogP contribution in [0.2, 0.25) is 0 Å². The summed E-state index contributed by atoms with van der Waals surface area (Å²) in [5, 5.41) is 0. The van der Waals surface area contributed by atoms with E-state index in [1.807, 2.05) is 92.7 Å². The molecule has 1 atom stereocenters. The maximum absolute atomic E-state index is 15.2. The smallest absolute Gasteiger partial charge is 0.132 e. The number of aromatic nitrogens is 2. The van der Waals surface area contributed by atoms with Gasteiger partial charge in [-0.2, -0.15) is 0 Å². The van der Waals surface area contributed by atoms with Crippen molar-refractivity contribution in [2.45, 2.75) is 33.2 Å². The Bertz CT molecular complexity index is 2160. The van der Waals surface area contributed by atoms with Crippen LogP contribution in [0.4, 0.5) is 8.78 Å². The van der Waals surface area contributed by atoms with Gasteiger partial charge in [-0.1, -0.05) is 111 Å². The van der Waals surface area contributed by atoms with Crippen molar-refractivity contribution in [3.05, 3.63) is 185 Å². The number of aliphatic imine (C=N–C) groups is 2. The Morgan fingerprint density at radius 3 is 1.82 bits per heavy atom. The van der Waals surface area contributed by atoms with Crippen molar-refractivity contribution in [2.24, 2.45) is 9.98 Å². The van der Waals surface area contributed by atoms with E-state index in [1.54, 1.807) is 36.4 Å². The highest BCUT2D eigenvalue weighted by molar-refractivity contribution is 6.53. The number of rotatable bonds is 7. The molecule has 0 saturated heterocycles. The molecular weight excluding hydrogens is 610 g/mol. The van der Waals surface area contributed by atoms with Crippen molar-refractivity contribution in [2.75, 3.05) is 0 Å². The molecule has 0 bridgehead atoms. The zero-order chi connectivity index (χ0) is 34.3. The summed E-state index contributed by atoms with van der Waals surface area (Å²) in [5.41, 5.74) is 8.11. The number of hydrogen-bond acceptors (Lipinski definition) is 4. The molecule has 1 aromatic heterocycles. The lowest BCUT2D eigenvalue weighted by Gasteiger charge is -2.17. The molecule has 5 aromatic rings. The van der Waals surface area contributed by atoms with Gasteiger partial charge in [0.15, 0.2) is 0 Å². The summed E-state index contributed by atoms with van der Waals surface area (Å²) in [6.07, 6.45) is 8.65. The lowest BCUT2D eigenvalue weighted by molar-refractivity contribution is 0.628. The number of hydrogen-bond donors (Lipinski definition) is 0. The number of halogens is 2. The molecule has 0 saturated carbocycles. The molecule has 0 fully saturated rings. The molecule has 242 valence electrons. The first-order valence-electron chi connectivity index (χ1n) is 16.3. The first-order chi connectivity index (χ1) is 23.8. The summed E-state index contributed by atoms with van der Waals surface area (Å²) in [6, 6.07) is 32.5. The zero-order valence-electron chi connectivity index (χ0n) is 27.7. The highest BCUT2D eigenvalue weighted by atomic mass is 19.1. The van der Waals surface area contributed by atoms with Gasteiger partial charge in [-0.15, -0.1) is 0 Å². The van der Waals surface area contributed by atoms with E-state index in [9.17, 15) is 0 Å². The van der Waals surface area contributed by atoms with Gasteiger partial charge < -0.3 is 0 Å². The first kappa shape index (κ1) is 33.0. The lowest BCUT2D eigenvalue weighted by Crippen LogP contribution is -2.20. The van der Waals surface area contributed by atoms with Crippen LogP contribution < -0.4 is 0 Å². The average molecular weight is 647 g/mol. The third-order valence-electron chi connectivity index (χ3n) is 8.21. The van der Waals surface area contributed by atoms with Crippen LogP contribution >= 0.6 is 0 Å². The predicted octanol–water partition coefficient (Wildman–Crippen LogP) is 10.6. The highest BCUT2D eigenvalue weighted by Crippen LogP contribution is 2.34. The van der Waals surface area contributed by atoms with Crippen LogP contribution in [0.1, 0.15) is 42.8 Å². The molecule has 0 N–H and O–H groups in total. The minimum atomic E-state index is -0.461. The Morgan fingerprint density at radius 1 is 0.714 bits per heavy atom. The topological polar surface area (TPSA) is 50.5 Å². The fraction of sp³-hybridized carbons (Fsp3) is 0.116. The molecule has 1 aliphatic heterocycles. The minimum Gasteiger partial charge on any atom is -0.275 e. The van der Waals surface area contributed by atoms with Gasteiger partial charge in [-0.05, 0) is 67.8 Å². The van der Waals surface area contributed by atoms with Crippen molar-refractivity contribution < 1.29 is 8.78 Å². The van der Waals surface area contributed by atoms with Gasteiger partial charge in [-0.25, -0.2) is 23.7 Å². The van der Waals surface area contributed by atoms with Gasteiger partial charge in [0.2, 0.25) is 0 Å². The monoisotopic (exact) mass is 646 g/mol. The second kappa shape index (κ2) is 14.9. The van der Waals surface area contributed by atoms with Gasteiger partial charge in [0, 0.05) is 22.3 Å². The standard InChI is InChI=1S/C43H36F2N4/c1-5-31(27-39-30(4)48-42(35-20-12-14-22-37(35)44)43(49-39)36-21-13-15-23-38(36)45)34-25-24-28(2)46-40(32-16-8-6-9-17-32)41(47-29(3)26-34)33-18-10-7-11-19-33/h6-27,29H,2,5H2,1,3-4H3/b25-24-,31-27+,34-26+,46-40?,47-41?. The summed E-state index contributed by atoms with van der Waals surface area (Å²) in [5.74, 6) is -0.914. The van der Waals surface area contributed by atoms with E-state index in [-0.39, 0.29) is 28.6 Å². The lowest BCUT2D eigenvalue weighted by atomic mass is 9.96. The largest absolute Gasteiger partial charge is 0.275 e. The second-order valence-electron chi connectivity index (χ2n) is 11.7. The van der Waals surface area contributed by atoms with Crippen LogP contribution in [0.15, 0.2) is 161 Å². The third-order valence-corrected chi connectivity index (χ3v) is 8.21. The van der Waals surface area contributed by atoms with Crippen LogP contribution in [0.25, 0.3) is 28.6 Å². The van der Waals surface area contributed by atoms with Crippen molar-refractivity contribution in [1.82, 2.24) is 9.97 Å². The predicted molar refractivity (Wildman–Crippen MR) is 198 cm³/mol. The molecule has 6 rings (SSSR count). The molecule has 1 aliphatic rings. The molecule has 49 heavy (non-hydrogen) atoms. The van der Waals surface area contributed by atoms with Crippen LogP contribution in [0.3, 0.4) is 0 Å². The summed E-state index contributed by atoms with van der Waals surface area (Å²) in [6.45, 7) is 10.2. The first-order valence-corrected chi connectivity index (χ1v) is 16.3. The summed E-state index contributed by atoms with van der Waals surface area (Å²) < 4.78 is 30.3. The van der Waals surface area contributed by atoms with E-state index in [0.29, 0.717) is 23.5 Å². The van der Waals surface area contributed by atoms with Crippen LogP contribution in [-0.4, -0.2) is 27.4 Å². The quantitative estimate of drug-likeness (QED) is 0.177. The van der Waals surface area contributed by atoms with Gasteiger partial charge in [0.05, 0.1) is 40.2 Å². The van der Waals surface area contributed by atoms with Gasteiger partial charge in [0.1, 0.15) is 17.3 Å². The highest BCUT2D eigenvalue weighted by Gasteiger charge is 2.20. The third kappa shape index (κ3) is 7.49. The second-order valence-corrected chi connectivity index (χ2v) is 11.7. The van der Waals surface area contributed by atoms with E-state index in [2.05, 4.69) is 19.6 Å². The Kier molecular flexibility index (Phi) is 10.1. The molecule has 4 nitrogen and oxygen atoms in total. The van der Waals surface area contributed by atoms with Crippen molar-refractivity contribution in [1.29, 1.82) is 0 Å². The average Bonchev–Trinajstić information content (AvgIpc) is 3.12. The molecular formula is C43H36F2N4. The maximum Gasteiger partial charge on any atom is 0.132 e. The van der Waals surface area contributed by atoms with Gasteiger partial charge in [0.25, 0.3) is 0 Å². The Hall–Kier alpha value is -5.88. The van der Waals surface area contributed by atoms with Crippen LogP contribution in [0.5, 0.6) is 0 Å². The molecule has 0 amide bonds. The van der Waals surface area contributed by atoms with E-state index in [4.69, 9.17) is 20.0 Å². The fourth-order valence-corrected chi connectivity index (χ4v) is 5.76. The summed E-state index contributed by atoms with van der Waals surface area (Å²) in [7, 11) is 0. The molecule has 4 aromatic carbocycles. The fourth-order valence-electron chi connectivity index (χ4n) is 5.76. The van der Waals surface area contributed by atoms with Gasteiger partial charge in [-0.3, -0.25) is 4.99 Å². The number of nitrogens with zero attached hydrogens (tertiary/aromatic N) is 4. The summed E-state index contributed by atoms with van der Waals surface area (Å²) in [4.78, 5) is 20.0. The molecule has 6 heteroatoms. The van der Waals surface area contributed by atoms with E-state index < -0.39 is 11.6 Å². The van der Waals surface area contributed by atoms with E-state index >= 15 is 8.78 Å². The van der Waals surface area contributed by atoms with Crippen molar-refractivity contribution in [3.8, 4) is 22.5 Å². The maximum atomic E-state index is 15.2. The van der Waals surface area contributed by atoms with Crippen molar-refractivity contribution >= 4 is 17.5 Å². The zero-order valence-corrected chi connectivity index (χ0v) is 27.7. The normalized spacial score (nSPS) is 17.1. The van der Waals surface area contributed by atoms with E-state index in [1.165, 1.54) is 12.1 Å². The Balaban J connectivity index is 1.49. The van der Waals surface area contributed by atoms with Crippen LogP contribution in [0, 0.1) is 18.6 Å². The molecule has 1 unspecified atom stereocenters. The molecule has 2 heterocycles. The number of allylic oxidation sites excluding steroid dienone is 4. The Labute approximate surface area is 286 Å². The minimum absolute atomic E-state index is 0.227. The summed E-state index contributed by atoms with van der Waals surface area (Å²) >= 11 is 0. The van der Waals surface area contributed by atoms with Crippen molar-refractivity contribution in [3.63, 3.8) is 0 Å². The number of benzene rings is 4. The molecule has 0 aliphatic carbocycles. The SMILES string of the molecule is C=C1\C=C/C(C(=C/c2nc(-c3ccccc3F)c(-c3ccccc3F)nc2C)/CC)=C\C(C)N=C(c2ccccc2)C(c2ccccc2)=N1.